The highest BCUT2D eigenvalue weighted by molar-refractivity contribution is 5.71. The predicted octanol–water partition coefficient (Wildman–Crippen LogP) is 19.2. The first-order valence-electron chi connectivity index (χ1n) is 28.3. The Bertz CT molecular complexity index is 1590. The van der Waals surface area contributed by atoms with Gasteiger partial charge in [0.05, 0.1) is 0 Å². The lowest BCUT2D eigenvalue weighted by atomic mass is 10.1. The lowest BCUT2D eigenvalue weighted by molar-refractivity contribution is -0.166. The summed E-state index contributed by atoms with van der Waals surface area (Å²) in [5.41, 5.74) is 0. The third kappa shape index (κ3) is 56.1. The zero-order valence-electron chi connectivity index (χ0n) is 45.4. The third-order valence-corrected chi connectivity index (χ3v) is 11.3. The summed E-state index contributed by atoms with van der Waals surface area (Å²) < 4.78 is 16.7. The Morgan fingerprint density at radius 2 is 0.577 bits per heavy atom. The van der Waals surface area contributed by atoms with Crippen LogP contribution in [0.2, 0.25) is 0 Å². The summed E-state index contributed by atoms with van der Waals surface area (Å²) in [5.74, 6) is -1.04. The maximum atomic E-state index is 12.8. The number of hydrogen-bond donors (Lipinski definition) is 0. The molecule has 0 spiro atoms. The van der Waals surface area contributed by atoms with Crippen LogP contribution in [0.25, 0.3) is 0 Å². The van der Waals surface area contributed by atoms with Gasteiger partial charge in [-0.2, -0.15) is 0 Å². The number of esters is 3. The second-order valence-electron chi connectivity index (χ2n) is 18.1. The van der Waals surface area contributed by atoms with Crippen LogP contribution in [0.1, 0.15) is 226 Å². The zero-order valence-corrected chi connectivity index (χ0v) is 45.4. The van der Waals surface area contributed by atoms with E-state index in [9.17, 15) is 14.4 Å². The molecule has 0 aliphatic carbocycles. The maximum Gasteiger partial charge on any atom is 0.306 e. The molecular formula is C65H102O6. The van der Waals surface area contributed by atoms with Crippen molar-refractivity contribution < 1.29 is 28.6 Å². The number of carbonyl (C=O) groups is 3. The van der Waals surface area contributed by atoms with E-state index in [2.05, 4.69) is 154 Å². The fraction of sp³-hybridized carbons (Fsp3) is 0.585. The van der Waals surface area contributed by atoms with Crippen molar-refractivity contribution in [2.75, 3.05) is 13.2 Å². The highest BCUT2D eigenvalue weighted by atomic mass is 16.6. The van der Waals surface area contributed by atoms with Gasteiger partial charge < -0.3 is 14.2 Å². The normalized spacial score (nSPS) is 13.2. The number of rotatable bonds is 49. The largest absolute Gasteiger partial charge is 0.462 e. The molecule has 6 nitrogen and oxygen atoms in total. The number of unbranched alkanes of at least 4 members (excludes halogenated alkanes) is 14. The van der Waals surface area contributed by atoms with Crippen molar-refractivity contribution in [3.05, 3.63) is 146 Å². The van der Waals surface area contributed by atoms with E-state index >= 15 is 0 Å². The van der Waals surface area contributed by atoms with Crippen LogP contribution in [-0.2, 0) is 28.6 Å². The molecule has 0 aromatic rings. The molecule has 1 atom stereocenters. The first-order valence-corrected chi connectivity index (χ1v) is 28.3. The average Bonchev–Trinajstić information content (AvgIpc) is 3.37. The van der Waals surface area contributed by atoms with Crippen LogP contribution < -0.4 is 0 Å². The molecule has 398 valence electrons. The van der Waals surface area contributed by atoms with Gasteiger partial charge in [0, 0.05) is 19.3 Å². The van der Waals surface area contributed by atoms with E-state index in [0.29, 0.717) is 19.3 Å². The molecule has 0 saturated heterocycles. The van der Waals surface area contributed by atoms with E-state index in [1.54, 1.807) is 0 Å². The van der Waals surface area contributed by atoms with Crippen molar-refractivity contribution in [3.63, 3.8) is 0 Å². The smallest absolute Gasteiger partial charge is 0.306 e. The van der Waals surface area contributed by atoms with E-state index in [4.69, 9.17) is 14.2 Å². The van der Waals surface area contributed by atoms with Crippen LogP contribution in [0.15, 0.2) is 146 Å². The van der Waals surface area contributed by atoms with Crippen LogP contribution in [0, 0.1) is 0 Å². The molecule has 0 fully saturated rings. The molecule has 0 heterocycles. The highest BCUT2D eigenvalue weighted by Crippen LogP contribution is 2.12. The topological polar surface area (TPSA) is 78.9 Å². The van der Waals surface area contributed by atoms with Crippen molar-refractivity contribution in [1.29, 1.82) is 0 Å². The summed E-state index contributed by atoms with van der Waals surface area (Å²) in [4.78, 5) is 38.0. The first kappa shape index (κ1) is 66.3. The van der Waals surface area contributed by atoms with Gasteiger partial charge in [-0.15, -0.1) is 0 Å². The van der Waals surface area contributed by atoms with E-state index < -0.39 is 12.1 Å². The lowest BCUT2D eigenvalue weighted by Gasteiger charge is -2.18. The van der Waals surface area contributed by atoms with Gasteiger partial charge in [0.2, 0.25) is 0 Å². The third-order valence-electron chi connectivity index (χ3n) is 11.3. The summed E-state index contributed by atoms with van der Waals surface area (Å²) in [6.07, 6.45) is 82.8. The zero-order chi connectivity index (χ0) is 51.4. The minimum Gasteiger partial charge on any atom is -0.462 e. The van der Waals surface area contributed by atoms with E-state index in [1.807, 2.05) is 12.2 Å². The standard InChI is InChI=1S/C65H102O6/c1-4-7-10-13-16-19-22-25-26-27-28-29-30-31-32-33-34-35-36-37-38-41-43-46-49-52-55-58-64(67)70-61-62(71-65(68)59-56-53-50-47-44-40-24-21-18-15-12-9-6-3)60-69-63(66)57-54-51-48-45-42-39-23-20-17-14-11-8-5-2/h7,9-10,12,16,18-21,23,25-26,28-29,31-32,34-35,37-38,40,44,50,53,62H,4-6,8,11,13-15,17,22,24,27,30,33,36,39,41-43,45-49,51-52,54-61H2,1-3H3/b10-7-,12-9-,19-16-,21-18-,23-20-,26-25-,29-28-,32-31-,35-34-,38-37-,44-40-,53-50-. The molecule has 0 aromatic heterocycles. The predicted molar refractivity (Wildman–Crippen MR) is 306 cm³/mol. The van der Waals surface area contributed by atoms with Gasteiger partial charge in [0.25, 0.3) is 0 Å². The summed E-state index contributed by atoms with van der Waals surface area (Å²) in [5, 5.41) is 0. The summed E-state index contributed by atoms with van der Waals surface area (Å²) in [7, 11) is 0. The fourth-order valence-electron chi connectivity index (χ4n) is 7.13. The quantitative estimate of drug-likeness (QED) is 0.0262. The van der Waals surface area contributed by atoms with Crippen LogP contribution in [0.3, 0.4) is 0 Å². The molecular weight excluding hydrogens is 877 g/mol. The van der Waals surface area contributed by atoms with Crippen molar-refractivity contribution in [3.8, 4) is 0 Å². The van der Waals surface area contributed by atoms with Gasteiger partial charge in [-0.3, -0.25) is 14.4 Å². The van der Waals surface area contributed by atoms with E-state index in [1.165, 1.54) is 38.5 Å². The molecule has 71 heavy (non-hydrogen) atoms. The highest BCUT2D eigenvalue weighted by Gasteiger charge is 2.19. The Balaban J connectivity index is 4.43. The second kappa shape index (κ2) is 57.9. The second-order valence-corrected chi connectivity index (χ2v) is 18.1. The molecule has 0 amide bonds. The van der Waals surface area contributed by atoms with E-state index in [0.717, 1.165) is 141 Å². The van der Waals surface area contributed by atoms with Gasteiger partial charge in [-0.1, -0.05) is 224 Å². The molecule has 1 unspecified atom stereocenters. The Morgan fingerprint density at radius 3 is 0.930 bits per heavy atom. The van der Waals surface area contributed by atoms with Gasteiger partial charge in [-0.25, -0.2) is 0 Å². The minimum absolute atomic E-state index is 0.123. The number of hydrogen-bond acceptors (Lipinski definition) is 6. The molecule has 0 aromatic carbocycles. The molecule has 0 aliphatic heterocycles. The molecule has 0 rings (SSSR count). The van der Waals surface area contributed by atoms with Crippen LogP contribution in [0.4, 0.5) is 0 Å². The van der Waals surface area contributed by atoms with Gasteiger partial charge in [-0.05, 0) is 128 Å². The Morgan fingerprint density at radius 1 is 0.296 bits per heavy atom. The van der Waals surface area contributed by atoms with Crippen molar-refractivity contribution in [1.82, 2.24) is 0 Å². The molecule has 6 heteroatoms. The van der Waals surface area contributed by atoms with E-state index in [-0.39, 0.29) is 31.6 Å². The SMILES string of the molecule is CC/C=C\C/C=C\C/C=C\C/C=C\C/C=C\C/C=C\C/C=C\CCCCCCCC(=O)OCC(COC(=O)CCCCCCC/C=C\CCCCCC)OC(=O)CC/C=C\C/C=C\C/C=C\C/C=C\CC. The molecule has 0 aliphatic rings. The van der Waals surface area contributed by atoms with Crippen molar-refractivity contribution in [2.45, 2.75) is 232 Å². The molecule has 0 N–H and O–H groups in total. The van der Waals surface area contributed by atoms with Crippen LogP contribution in [0.5, 0.6) is 0 Å². The number of carbonyl (C=O) groups excluding carboxylic acids is 3. The number of allylic oxidation sites excluding steroid dienone is 24. The average molecular weight is 980 g/mol. The Hall–Kier alpha value is -4.71. The van der Waals surface area contributed by atoms with Crippen molar-refractivity contribution >= 4 is 17.9 Å². The van der Waals surface area contributed by atoms with Crippen LogP contribution in [-0.4, -0.2) is 37.2 Å². The lowest BCUT2D eigenvalue weighted by Crippen LogP contribution is -2.30. The molecule has 0 saturated carbocycles. The minimum atomic E-state index is -0.833. The van der Waals surface area contributed by atoms with Crippen LogP contribution >= 0.6 is 0 Å². The Kier molecular flexibility index (Phi) is 54.0. The Labute approximate surface area is 436 Å². The fourth-order valence-corrected chi connectivity index (χ4v) is 7.13. The maximum absolute atomic E-state index is 12.8. The van der Waals surface area contributed by atoms with Gasteiger partial charge in [0.15, 0.2) is 6.10 Å². The first-order chi connectivity index (χ1) is 35.0. The van der Waals surface area contributed by atoms with Gasteiger partial charge >= 0.3 is 17.9 Å². The summed E-state index contributed by atoms with van der Waals surface area (Å²) in [6, 6.07) is 0. The van der Waals surface area contributed by atoms with Crippen molar-refractivity contribution in [2.24, 2.45) is 0 Å². The summed E-state index contributed by atoms with van der Waals surface area (Å²) >= 11 is 0. The molecule has 0 radical (unpaired) electrons. The number of ether oxygens (including phenoxy) is 3. The molecule has 0 bridgehead atoms. The monoisotopic (exact) mass is 979 g/mol. The summed E-state index contributed by atoms with van der Waals surface area (Å²) in [6.45, 7) is 6.29. The van der Waals surface area contributed by atoms with Gasteiger partial charge in [0.1, 0.15) is 13.2 Å².